The van der Waals surface area contributed by atoms with Gasteiger partial charge in [-0.15, -0.1) is 0 Å². The molecule has 0 aliphatic carbocycles. The van der Waals surface area contributed by atoms with Crippen molar-refractivity contribution in [2.24, 2.45) is 4.99 Å². The first-order chi connectivity index (χ1) is 15.3. The smallest absolute Gasteiger partial charge is 0.191 e. The lowest BCUT2D eigenvalue weighted by atomic mass is 9.91. The van der Waals surface area contributed by atoms with Crippen molar-refractivity contribution in [1.29, 1.82) is 0 Å². The lowest BCUT2D eigenvalue weighted by Gasteiger charge is -2.20. The largest absolute Gasteiger partial charge is 0.355 e. The molecule has 6 heteroatoms. The van der Waals surface area contributed by atoms with Crippen molar-refractivity contribution >= 4 is 5.96 Å². The first-order valence-electron chi connectivity index (χ1n) is 10.3. The Kier molecular flexibility index (Phi) is 6.70. The van der Waals surface area contributed by atoms with Gasteiger partial charge in [0.25, 0.3) is 0 Å². The molecule has 2 N–H and O–H groups in total. The Balaban J connectivity index is 1.38. The third kappa shape index (κ3) is 5.36. The monoisotopic (exact) mass is 410 g/mol. The zero-order valence-electron chi connectivity index (χ0n) is 17.5. The maximum absolute atomic E-state index is 4.39. The first kappa shape index (κ1) is 20.3. The molecule has 31 heavy (non-hydrogen) atoms. The van der Waals surface area contributed by atoms with Gasteiger partial charge in [-0.3, -0.25) is 4.99 Å². The molecule has 0 bridgehead atoms. The summed E-state index contributed by atoms with van der Waals surface area (Å²) in [5, 5.41) is 11.0. The van der Waals surface area contributed by atoms with Gasteiger partial charge in [0, 0.05) is 26.1 Å². The fourth-order valence-corrected chi connectivity index (χ4v) is 3.51. The molecule has 0 radical (unpaired) electrons. The van der Waals surface area contributed by atoms with Crippen LogP contribution >= 0.6 is 0 Å². The van der Waals surface area contributed by atoms with E-state index in [1.165, 1.54) is 17.5 Å². The molecular weight excluding hydrogens is 384 g/mol. The zero-order chi connectivity index (χ0) is 21.3. The van der Waals surface area contributed by atoms with Gasteiger partial charge in [-0.2, -0.15) is 5.10 Å². The van der Waals surface area contributed by atoms with E-state index in [1.807, 2.05) is 24.3 Å². The predicted molar refractivity (Wildman–Crippen MR) is 124 cm³/mol. The summed E-state index contributed by atoms with van der Waals surface area (Å²) in [6, 6.07) is 29.3. The van der Waals surface area contributed by atoms with Gasteiger partial charge >= 0.3 is 0 Å². The van der Waals surface area contributed by atoms with Gasteiger partial charge in [0.1, 0.15) is 12.7 Å². The number of guanidine groups is 1. The van der Waals surface area contributed by atoms with E-state index in [-0.39, 0.29) is 5.92 Å². The van der Waals surface area contributed by atoms with Crippen molar-refractivity contribution in [2.45, 2.75) is 12.5 Å². The molecule has 0 fully saturated rings. The normalized spacial score (nSPS) is 11.5. The van der Waals surface area contributed by atoms with Crippen LogP contribution in [0.2, 0.25) is 0 Å². The lowest BCUT2D eigenvalue weighted by molar-refractivity contribution is 0.728. The summed E-state index contributed by atoms with van der Waals surface area (Å²) < 4.78 is 1.74. The van der Waals surface area contributed by atoms with E-state index in [0.717, 1.165) is 23.8 Å². The van der Waals surface area contributed by atoms with Crippen LogP contribution in [0, 0.1) is 0 Å². The number of hydrogen-bond acceptors (Lipinski definition) is 3. The predicted octanol–water partition coefficient (Wildman–Crippen LogP) is 3.76. The molecule has 4 rings (SSSR count). The molecule has 0 spiro atoms. The fraction of sp³-hybridized carbons (Fsp3) is 0.160. The van der Waals surface area contributed by atoms with Crippen LogP contribution in [0.3, 0.4) is 0 Å². The molecule has 3 aromatic carbocycles. The number of aromatic nitrogens is 3. The van der Waals surface area contributed by atoms with Crippen LogP contribution in [-0.4, -0.2) is 34.3 Å². The van der Waals surface area contributed by atoms with E-state index >= 15 is 0 Å². The maximum Gasteiger partial charge on any atom is 0.191 e. The first-order valence-corrected chi connectivity index (χ1v) is 10.3. The molecule has 1 aromatic heterocycles. The second-order valence-electron chi connectivity index (χ2n) is 7.19. The minimum atomic E-state index is 0.239. The van der Waals surface area contributed by atoms with Gasteiger partial charge in [0.05, 0.1) is 5.69 Å². The van der Waals surface area contributed by atoms with E-state index < -0.39 is 0 Å². The van der Waals surface area contributed by atoms with E-state index in [1.54, 1.807) is 18.1 Å². The number of nitrogens with one attached hydrogen (secondary N) is 2. The summed E-state index contributed by atoms with van der Waals surface area (Å²) in [5.41, 5.74) is 4.70. The van der Waals surface area contributed by atoms with Crippen molar-refractivity contribution in [3.8, 4) is 5.69 Å². The molecular formula is C25H26N6. The Hall–Kier alpha value is -3.93. The second-order valence-corrected chi connectivity index (χ2v) is 7.19. The van der Waals surface area contributed by atoms with E-state index in [0.29, 0.717) is 6.54 Å². The van der Waals surface area contributed by atoms with Crippen LogP contribution in [0.25, 0.3) is 5.69 Å². The molecule has 4 aromatic rings. The summed E-state index contributed by atoms with van der Waals surface area (Å²) >= 11 is 0. The van der Waals surface area contributed by atoms with Crippen LogP contribution in [0.4, 0.5) is 0 Å². The SMILES string of the molecule is CN=C(NCc1ccc(-n2cncn2)cc1)NCC(c1ccccc1)c1ccccc1. The van der Waals surface area contributed by atoms with E-state index in [4.69, 9.17) is 0 Å². The fourth-order valence-electron chi connectivity index (χ4n) is 3.51. The summed E-state index contributed by atoms with van der Waals surface area (Å²) in [7, 11) is 1.79. The molecule has 0 aliphatic heterocycles. The number of aliphatic imine (C=N–C) groups is 1. The Bertz CT molecular complexity index is 1030. The Morgan fingerprint density at radius 3 is 2.06 bits per heavy atom. The third-order valence-corrected chi connectivity index (χ3v) is 5.18. The van der Waals surface area contributed by atoms with Crippen LogP contribution in [0.15, 0.2) is 103 Å². The van der Waals surface area contributed by atoms with Gasteiger partial charge in [-0.25, -0.2) is 9.67 Å². The molecule has 156 valence electrons. The molecule has 0 amide bonds. The summed E-state index contributed by atoms with van der Waals surface area (Å²) in [6.07, 6.45) is 3.22. The highest BCUT2D eigenvalue weighted by Gasteiger charge is 2.14. The van der Waals surface area contributed by atoms with Crippen LogP contribution in [0.5, 0.6) is 0 Å². The van der Waals surface area contributed by atoms with Crippen LogP contribution < -0.4 is 10.6 Å². The number of nitrogens with zero attached hydrogens (tertiary/aromatic N) is 4. The van der Waals surface area contributed by atoms with Gasteiger partial charge in [-0.1, -0.05) is 72.8 Å². The molecule has 0 saturated carbocycles. The molecule has 0 saturated heterocycles. The standard InChI is InChI=1S/C25H26N6/c1-26-25(28-16-20-12-14-23(15-13-20)31-19-27-18-30-31)29-17-24(21-8-4-2-5-9-21)22-10-6-3-7-11-22/h2-15,18-19,24H,16-17H2,1H3,(H2,26,28,29). The summed E-state index contributed by atoms with van der Waals surface area (Å²) in [5.74, 6) is 1.01. The summed E-state index contributed by atoms with van der Waals surface area (Å²) in [6.45, 7) is 1.43. The van der Waals surface area contributed by atoms with Crippen molar-refractivity contribution in [3.63, 3.8) is 0 Å². The van der Waals surface area contributed by atoms with Crippen LogP contribution in [0.1, 0.15) is 22.6 Å². The molecule has 0 unspecified atom stereocenters. The van der Waals surface area contributed by atoms with Crippen molar-refractivity contribution < 1.29 is 0 Å². The Morgan fingerprint density at radius 2 is 1.52 bits per heavy atom. The van der Waals surface area contributed by atoms with Crippen molar-refractivity contribution in [1.82, 2.24) is 25.4 Å². The minimum absolute atomic E-state index is 0.239. The van der Waals surface area contributed by atoms with E-state index in [9.17, 15) is 0 Å². The Labute approximate surface area is 182 Å². The number of benzene rings is 3. The van der Waals surface area contributed by atoms with Gasteiger partial charge in [0.2, 0.25) is 0 Å². The average Bonchev–Trinajstić information content (AvgIpc) is 3.38. The number of rotatable bonds is 7. The Morgan fingerprint density at radius 1 is 0.871 bits per heavy atom. The lowest BCUT2D eigenvalue weighted by Crippen LogP contribution is -2.39. The maximum atomic E-state index is 4.39. The van der Waals surface area contributed by atoms with Crippen molar-refractivity contribution in [3.05, 3.63) is 114 Å². The highest BCUT2D eigenvalue weighted by atomic mass is 15.3. The topological polar surface area (TPSA) is 67.1 Å². The van der Waals surface area contributed by atoms with E-state index in [2.05, 4.69) is 86.4 Å². The number of hydrogen-bond donors (Lipinski definition) is 2. The van der Waals surface area contributed by atoms with Gasteiger partial charge in [0.15, 0.2) is 5.96 Å². The zero-order valence-corrected chi connectivity index (χ0v) is 17.5. The minimum Gasteiger partial charge on any atom is -0.355 e. The highest BCUT2D eigenvalue weighted by Crippen LogP contribution is 2.23. The molecule has 6 nitrogen and oxygen atoms in total. The van der Waals surface area contributed by atoms with Crippen molar-refractivity contribution in [2.75, 3.05) is 13.6 Å². The third-order valence-electron chi connectivity index (χ3n) is 5.18. The molecule has 0 aliphatic rings. The average molecular weight is 411 g/mol. The second kappa shape index (κ2) is 10.2. The van der Waals surface area contributed by atoms with Gasteiger partial charge in [-0.05, 0) is 28.8 Å². The molecule has 0 atom stereocenters. The van der Waals surface area contributed by atoms with Gasteiger partial charge < -0.3 is 10.6 Å². The van der Waals surface area contributed by atoms with Crippen LogP contribution in [-0.2, 0) is 6.54 Å². The summed E-state index contributed by atoms with van der Waals surface area (Å²) in [4.78, 5) is 8.38. The molecule has 1 heterocycles. The highest BCUT2D eigenvalue weighted by molar-refractivity contribution is 5.79. The quantitative estimate of drug-likeness (QED) is 0.360.